The van der Waals surface area contributed by atoms with Gasteiger partial charge in [-0.15, -0.1) is 0 Å². The Hall–Kier alpha value is -3.18. The van der Waals surface area contributed by atoms with Gasteiger partial charge in [0.1, 0.15) is 18.1 Å². The highest BCUT2D eigenvalue weighted by molar-refractivity contribution is 5.94. The van der Waals surface area contributed by atoms with Crippen molar-refractivity contribution >= 4 is 35.6 Å². The summed E-state index contributed by atoms with van der Waals surface area (Å²) in [5, 5.41) is 0. The predicted octanol–water partition coefficient (Wildman–Crippen LogP) is 2.52. The van der Waals surface area contributed by atoms with Crippen molar-refractivity contribution in [3.8, 4) is 0 Å². The zero-order valence-corrected chi connectivity index (χ0v) is 28.4. The van der Waals surface area contributed by atoms with E-state index in [1.54, 1.807) is 69.2 Å². The molecule has 1 heterocycles. The van der Waals surface area contributed by atoms with Crippen LogP contribution in [0.5, 0.6) is 0 Å². The van der Waals surface area contributed by atoms with Crippen molar-refractivity contribution in [2.75, 3.05) is 21.1 Å². The Morgan fingerprint density at radius 3 is 0.953 bits per heavy atom. The Morgan fingerprint density at radius 1 is 0.442 bits per heavy atom. The highest BCUT2D eigenvalue weighted by Gasteiger charge is 2.44. The maximum Gasteiger partial charge on any atom is 0.329 e. The summed E-state index contributed by atoms with van der Waals surface area (Å²) in [4.78, 5) is 85.0. The van der Waals surface area contributed by atoms with Crippen LogP contribution >= 0.6 is 0 Å². The molecule has 0 aromatic rings. The largest absolute Gasteiger partial charge is 0.450 e. The second-order valence-electron chi connectivity index (χ2n) is 13.2. The zero-order chi connectivity index (χ0) is 33.7. The third kappa shape index (κ3) is 8.92. The highest BCUT2D eigenvalue weighted by Crippen LogP contribution is 2.24. The van der Waals surface area contributed by atoms with Crippen LogP contribution in [-0.2, 0) is 43.0 Å². The molecule has 0 N–H and O–H groups in total. The van der Waals surface area contributed by atoms with E-state index >= 15 is 0 Å². The summed E-state index contributed by atoms with van der Waals surface area (Å²) in [6, 6.07) is -3.34. The number of nitrogens with zero attached hydrogens (tertiary/aromatic N) is 3. The van der Waals surface area contributed by atoms with Gasteiger partial charge in [0.25, 0.3) is 17.7 Å². The summed E-state index contributed by atoms with van der Waals surface area (Å²) < 4.78 is 17.1. The minimum Gasteiger partial charge on any atom is -0.450 e. The van der Waals surface area contributed by atoms with Crippen molar-refractivity contribution in [2.24, 2.45) is 29.6 Å². The maximum absolute atomic E-state index is 13.8. The summed E-state index contributed by atoms with van der Waals surface area (Å²) in [5.74, 6) is -6.60. The lowest BCUT2D eigenvalue weighted by Gasteiger charge is -2.37. The molecular weight excluding hydrogens is 558 g/mol. The standard InChI is InChI=1S/C31H53N3O9/c1-15(2)21-30(39)42-23(17(5)6)26(35)32(12)20(11)29(38)41-24(18(7)8)27(36)33(13)22(16(3)4)31(40)43-25(19(9)10)28(37)34(21)14/h15-25H,1-14H3. The van der Waals surface area contributed by atoms with Crippen LogP contribution in [0, 0.1) is 29.6 Å². The molecule has 0 bridgehead atoms. The van der Waals surface area contributed by atoms with Crippen LogP contribution in [0.15, 0.2) is 0 Å². The number of hydrogen-bond acceptors (Lipinski definition) is 9. The summed E-state index contributed by atoms with van der Waals surface area (Å²) in [5.41, 5.74) is 0. The normalized spacial score (nSPS) is 28.1. The van der Waals surface area contributed by atoms with Gasteiger partial charge in [-0.05, 0) is 36.5 Å². The fourth-order valence-corrected chi connectivity index (χ4v) is 5.01. The lowest BCUT2D eigenvalue weighted by atomic mass is 9.98. The molecule has 246 valence electrons. The number of carbonyl (C=O) groups excluding carboxylic acids is 6. The highest BCUT2D eigenvalue weighted by atomic mass is 16.6. The van der Waals surface area contributed by atoms with E-state index in [0.717, 1.165) is 4.90 Å². The van der Waals surface area contributed by atoms with Gasteiger partial charge in [0.2, 0.25) is 0 Å². The first-order valence-corrected chi connectivity index (χ1v) is 15.1. The fourth-order valence-electron chi connectivity index (χ4n) is 5.01. The van der Waals surface area contributed by atoms with Crippen LogP contribution in [0.4, 0.5) is 0 Å². The molecule has 1 saturated heterocycles. The van der Waals surface area contributed by atoms with Crippen LogP contribution in [0.25, 0.3) is 0 Å². The molecule has 12 heteroatoms. The zero-order valence-electron chi connectivity index (χ0n) is 28.4. The van der Waals surface area contributed by atoms with Crippen LogP contribution in [0.2, 0.25) is 0 Å². The summed E-state index contributed by atoms with van der Waals surface area (Å²) >= 11 is 0. The average molecular weight is 612 g/mol. The molecule has 43 heavy (non-hydrogen) atoms. The smallest absolute Gasteiger partial charge is 0.329 e. The SMILES string of the molecule is CC(C)C1OC(=O)C(C(C)C)N(C)C(=O)C(C(C)C)OC(=O)C(C(C)C)N(C)C(=O)C(C(C)C)OC(=O)C(C)N(C)C1=O. The fraction of sp³-hybridized carbons (Fsp3) is 0.806. The van der Waals surface area contributed by atoms with Gasteiger partial charge >= 0.3 is 17.9 Å². The Morgan fingerprint density at radius 2 is 0.698 bits per heavy atom. The topological polar surface area (TPSA) is 140 Å². The minimum absolute atomic E-state index is 0.426. The molecule has 0 aromatic heterocycles. The predicted molar refractivity (Wildman–Crippen MR) is 159 cm³/mol. The lowest BCUT2D eigenvalue weighted by Crippen LogP contribution is -2.57. The van der Waals surface area contributed by atoms with Gasteiger partial charge in [-0.1, -0.05) is 69.2 Å². The molecule has 3 amide bonds. The summed E-state index contributed by atoms with van der Waals surface area (Å²) in [7, 11) is 4.24. The Balaban J connectivity index is 3.83. The molecule has 0 spiro atoms. The van der Waals surface area contributed by atoms with Gasteiger partial charge in [0.15, 0.2) is 18.3 Å². The van der Waals surface area contributed by atoms with E-state index in [1.165, 1.54) is 37.9 Å². The first-order valence-electron chi connectivity index (χ1n) is 15.1. The molecule has 0 aromatic carbocycles. The minimum atomic E-state index is -1.27. The average Bonchev–Trinajstić information content (AvgIpc) is 2.89. The van der Waals surface area contributed by atoms with Gasteiger partial charge in [-0.2, -0.15) is 0 Å². The second-order valence-corrected chi connectivity index (χ2v) is 13.2. The quantitative estimate of drug-likeness (QED) is 0.339. The van der Waals surface area contributed by atoms with E-state index in [0.29, 0.717) is 0 Å². The maximum atomic E-state index is 13.8. The van der Waals surface area contributed by atoms with E-state index in [-0.39, 0.29) is 0 Å². The van der Waals surface area contributed by atoms with Gasteiger partial charge in [0, 0.05) is 21.1 Å². The first kappa shape index (κ1) is 37.8. The van der Waals surface area contributed by atoms with Crippen molar-refractivity contribution in [1.82, 2.24) is 14.7 Å². The third-order valence-corrected chi connectivity index (χ3v) is 7.82. The monoisotopic (exact) mass is 611 g/mol. The van der Waals surface area contributed by atoms with E-state index in [2.05, 4.69) is 0 Å². The first-order chi connectivity index (χ1) is 19.7. The summed E-state index contributed by atoms with van der Waals surface area (Å²) in [6.07, 6.45) is -3.81. The lowest BCUT2D eigenvalue weighted by molar-refractivity contribution is -0.180. The van der Waals surface area contributed by atoms with Gasteiger partial charge in [-0.3, -0.25) is 14.4 Å². The van der Waals surface area contributed by atoms with Crippen molar-refractivity contribution < 1.29 is 43.0 Å². The van der Waals surface area contributed by atoms with Gasteiger partial charge in [0.05, 0.1) is 0 Å². The van der Waals surface area contributed by atoms with Gasteiger partial charge < -0.3 is 28.9 Å². The molecule has 1 fully saturated rings. The number of amides is 3. The number of esters is 3. The van der Waals surface area contributed by atoms with E-state index in [1.807, 2.05) is 0 Å². The number of hydrogen-bond donors (Lipinski definition) is 0. The summed E-state index contributed by atoms with van der Waals surface area (Å²) in [6.45, 7) is 18.6. The molecule has 12 nitrogen and oxygen atoms in total. The number of cyclic esters (lactones) is 3. The van der Waals surface area contributed by atoms with Crippen molar-refractivity contribution in [2.45, 2.75) is 113 Å². The van der Waals surface area contributed by atoms with Crippen LogP contribution < -0.4 is 0 Å². The molecular formula is C31H53N3O9. The second kappa shape index (κ2) is 15.5. The number of carbonyl (C=O) groups is 6. The molecule has 1 rings (SSSR count). The molecule has 6 atom stereocenters. The molecule has 1 aliphatic heterocycles. The Kier molecular flexibility index (Phi) is 13.7. The van der Waals surface area contributed by atoms with E-state index in [9.17, 15) is 28.8 Å². The molecule has 1 aliphatic rings. The Labute approximate surface area is 256 Å². The molecule has 6 unspecified atom stereocenters. The number of ether oxygens (including phenoxy) is 3. The number of likely N-dealkylation sites (N-methyl/N-ethyl adjacent to an activating group) is 3. The molecule has 0 saturated carbocycles. The van der Waals surface area contributed by atoms with Crippen LogP contribution in [0.1, 0.15) is 76.2 Å². The van der Waals surface area contributed by atoms with Crippen LogP contribution in [0.3, 0.4) is 0 Å². The van der Waals surface area contributed by atoms with Crippen molar-refractivity contribution in [3.63, 3.8) is 0 Å². The number of rotatable bonds is 5. The molecule has 0 aliphatic carbocycles. The molecule has 0 radical (unpaired) electrons. The third-order valence-electron chi connectivity index (χ3n) is 7.82. The van der Waals surface area contributed by atoms with E-state index < -0.39 is 102 Å². The van der Waals surface area contributed by atoms with Crippen molar-refractivity contribution in [3.05, 3.63) is 0 Å². The van der Waals surface area contributed by atoms with Crippen LogP contribution in [-0.4, -0.2) is 108 Å². The van der Waals surface area contributed by atoms with Gasteiger partial charge in [-0.25, -0.2) is 14.4 Å². The van der Waals surface area contributed by atoms with E-state index in [4.69, 9.17) is 14.2 Å². The van der Waals surface area contributed by atoms with Crippen molar-refractivity contribution in [1.29, 1.82) is 0 Å². The Bertz CT molecular complexity index is 1030.